The van der Waals surface area contributed by atoms with Crippen molar-refractivity contribution >= 4 is 22.6 Å². The van der Waals surface area contributed by atoms with Gasteiger partial charge in [-0.05, 0) is 37.6 Å². The van der Waals surface area contributed by atoms with E-state index < -0.39 is 5.91 Å². The van der Waals surface area contributed by atoms with Crippen molar-refractivity contribution in [1.29, 1.82) is 5.26 Å². The average molecular weight is 438 g/mol. The summed E-state index contributed by atoms with van der Waals surface area (Å²) >= 11 is 0. The molecule has 0 bridgehead atoms. The fourth-order valence-corrected chi connectivity index (χ4v) is 3.56. The van der Waals surface area contributed by atoms with Gasteiger partial charge in [-0.3, -0.25) is 9.59 Å². The first-order valence-corrected chi connectivity index (χ1v) is 10.6. The highest BCUT2D eigenvalue weighted by molar-refractivity contribution is 6.11. The van der Waals surface area contributed by atoms with Crippen LogP contribution in [0.15, 0.2) is 82.0 Å². The van der Waals surface area contributed by atoms with Gasteiger partial charge in [0.2, 0.25) is 0 Å². The van der Waals surface area contributed by atoms with E-state index in [4.69, 9.17) is 14.4 Å². The maximum atomic E-state index is 13.1. The number of benzene rings is 3. The minimum atomic E-state index is -0.395. The van der Waals surface area contributed by atoms with Gasteiger partial charge in [0.15, 0.2) is 11.0 Å². The Morgan fingerprint density at radius 3 is 2.64 bits per heavy atom. The molecule has 164 valence electrons. The predicted molar refractivity (Wildman–Crippen MR) is 127 cm³/mol. The summed E-state index contributed by atoms with van der Waals surface area (Å²) < 4.78 is 11.8. The minimum absolute atomic E-state index is 0.169. The molecule has 4 aromatic rings. The Bertz CT molecular complexity index is 1400. The van der Waals surface area contributed by atoms with Crippen LogP contribution in [0.2, 0.25) is 0 Å². The lowest BCUT2D eigenvalue weighted by molar-refractivity contribution is 0.102. The van der Waals surface area contributed by atoms with Crippen molar-refractivity contribution in [1.82, 2.24) is 0 Å². The number of unbranched alkanes of at least 4 members (excludes halogenated alkanes) is 1. The summed E-state index contributed by atoms with van der Waals surface area (Å²) in [5, 5.41) is 11.8. The summed E-state index contributed by atoms with van der Waals surface area (Å²) in [6, 6.07) is 23.4. The van der Waals surface area contributed by atoms with E-state index in [1.807, 2.05) is 30.3 Å². The number of carbonyl (C=O) groups excluding carboxylic acids is 1. The van der Waals surface area contributed by atoms with Crippen LogP contribution >= 0.6 is 0 Å². The molecule has 0 fully saturated rings. The van der Waals surface area contributed by atoms with Crippen molar-refractivity contribution < 1.29 is 13.9 Å². The molecule has 0 aliphatic rings. The molecule has 6 heteroatoms. The second-order valence-electron chi connectivity index (χ2n) is 7.53. The van der Waals surface area contributed by atoms with Crippen molar-refractivity contribution in [2.24, 2.45) is 0 Å². The maximum absolute atomic E-state index is 13.1. The monoisotopic (exact) mass is 438 g/mol. The third-order valence-corrected chi connectivity index (χ3v) is 5.22. The molecule has 0 unspecified atom stereocenters. The van der Waals surface area contributed by atoms with Crippen molar-refractivity contribution in [2.45, 2.75) is 19.8 Å². The Hall–Kier alpha value is -4.37. The predicted octanol–water partition coefficient (Wildman–Crippen LogP) is 5.70. The Morgan fingerprint density at radius 2 is 1.85 bits per heavy atom. The average Bonchev–Trinajstić information content (AvgIpc) is 2.84. The number of carbonyl (C=O) groups is 1. The summed E-state index contributed by atoms with van der Waals surface area (Å²) in [6.07, 6.45) is 1.05. The van der Waals surface area contributed by atoms with Gasteiger partial charge in [0.1, 0.15) is 11.5 Å². The first-order chi connectivity index (χ1) is 16.1. The standard InChI is InChI=1S/C27H22N2O4/c1-18-24(30)22-13-8-14-23(26(22)33-25(18)19-9-3-2-4-10-19)27(31)29-20-11-7-12-21(17-20)32-16-6-5-15-28/h2-4,7-14,17H,5-6,16H2,1H3,(H,29,31). The molecular weight excluding hydrogens is 416 g/mol. The minimum Gasteiger partial charge on any atom is -0.493 e. The van der Waals surface area contributed by atoms with Crippen LogP contribution in [0.5, 0.6) is 5.75 Å². The lowest BCUT2D eigenvalue weighted by atomic mass is 10.0. The van der Waals surface area contributed by atoms with Crippen LogP contribution in [0.1, 0.15) is 28.8 Å². The van der Waals surface area contributed by atoms with Crippen LogP contribution in [0, 0.1) is 18.3 Å². The highest BCUT2D eigenvalue weighted by atomic mass is 16.5. The van der Waals surface area contributed by atoms with E-state index in [2.05, 4.69) is 11.4 Å². The highest BCUT2D eigenvalue weighted by Gasteiger charge is 2.18. The van der Waals surface area contributed by atoms with Crippen molar-refractivity contribution in [3.05, 3.63) is 94.1 Å². The van der Waals surface area contributed by atoms with Crippen LogP contribution in [-0.4, -0.2) is 12.5 Å². The second kappa shape index (κ2) is 9.84. The smallest absolute Gasteiger partial charge is 0.259 e. The molecular formula is C27H22N2O4. The van der Waals surface area contributed by atoms with E-state index >= 15 is 0 Å². The van der Waals surface area contributed by atoms with Gasteiger partial charge in [-0.2, -0.15) is 5.26 Å². The molecule has 0 atom stereocenters. The summed E-state index contributed by atoms with van der Waals surface area (Å²) in [4.78, 5) is 26.2. The Labute approximate surface area is 191 Å². The highest BCUT2D eigenvalue weighted by Crippen LogP contribution is 2.28. The Kier molecular flexibility index (Phi) is 6.51. The van der Waals surface area contributed by atoms with E-state index in [1.54, 1.807) is 49.4 Å². The molecule has 0 aliphatic carbocycles. The number of nitrogens with one attached hydrogen (secondary N) is 1. The lowest BCUT2D eigenvalue weighted by Gasteiger charge is -2.12. The molecule has 0 saturated carbocycles. The molecule has 0 radical (unpaired) electrons. The van der Waals surface area contributed by atoms with Gasteiger partial charge in [0.05, 0.1) is 23.6 Å². The molecule has 0 aliphatic heterocycles. The van der Waals surface area contributed by atoms with Crippen molar-refractivity contribution in [3.8, 4) is 23.1 Å². The van der Waals surface area contributed by atoms with Gasteiger partial charge in [-0.25, -0.2) is 0 Å². The number of fused-ring (bicyclic) bond motifs is 1. The van der Waals surface area contributed by atoms with E-state index in [1.165, 1.54) is 0 Å². The largest absolute Gasteiger partial charge is 0.493 e. The Morgan fingerprint density at radius 1 is 1.06 bits per heavy atom. The van der Waals surface area contributed by atoms with Crippen LogP contribution < -0.4 is 15.5 Å². The van der Waals surface area contributed by atoms with Gasteiger partial charge >= 0.3 is 0 Å². The van der Waals surface area contributed by atoms with Crippen LogP contribution in [-0.2, 0) is 0 Å². The summed E-state index contributed by atoms with van der Waals surface area (Å²) in [5.74, 6) is 0.645. The number of nitrogens with zero attached hydrogens (tertiary/aromatic N) is 1. The van der Waals surface area contributed by atoms with Gasteiger partial charge in [0, 0.05) is 29.3 Å². The van der Waals surface area contributed by atoms with E-state index in [-0.39, 0.29) is 16.6 Å². The van der Waals surface area contributed by atoms with Gasteiger partial charge in [-0.1, -0.05) is 42.5 Å². The SMILES string of the molecule is Cc1c(-c2ccccc2)oc2c(C(=O)Nc3cccc(OCCCC#N)c3)cccc2c1=O. The van der Waals surface area contributed by atoms with Gasteiger partial charge in [-0.15, -0.1) is 0 Å². The number of hydrogen-bond acceptors (Lipinski definition) is 5. The van der Waals surface area contributed by atoms with Crippen molar-refractivity contribution in [2.75, 3.05) is 11.9 Å². The first kappa shape index (κ1) is 21.8. The number of amides is 1. The van der Waals surface area contributed by atoms with Crippen LogP contribution in [0.25, 0.3) is 22.3 Å². The summed E-state index contributed by atoms with van der Waals surface area (Å²) in [5.41, 5.74) is 2.15. The topological polar surface area (TPSA) is 92.3 Å². The molecule has 1 N–H and O–H groups in total. The third-order valence-electron chi connectivity index (χ3n) is 5.22. The molecule has 1 heterocycles. The molecule has 1 aromatic heterocycles. The summed E-state index contributed by atoms with van der Waals surface area (Å²) in [6.45, 7) is 2.14. The number of hydrogen-bond donors (Lipinski definition) is 1. The van der Waals surface area contributed by atoms with Crippen LogP contribution in [0.3, 0.4) is 0 Å². The van der Waals surface area contributed by atoms with E-state index in [9.17, 15) is 9.59 Å². The fraction of sp³-hybridized carbons (Fsp3) is 0.148. The van der Waals surface area contributed by atoms with Gasteiger partial charge < -0.3 is 14.5 Å². The molecule has 0 spiro atoms. The zero-order chi connectivity index (χ0) is 23.2. The number of ether oxygens (including phenoxy) is 1. The number of para-hydroxylation sites is 1. The second-order valence-corrected chi connectivity index (χ2v) is 7.53. The Balaban J connectivity index is 1.66. The van der Waals surface area contributed by atoms with Crippen LogP contribution in [0.4, 0.5) is 5.69 Å². The number of nitriles is 1. The maximum Gasteiger partial charge on any atom is 0.259 e. The van der Waals surface area contributed by atoms with E-state index in [0.717, 1.165) is 5.56 Å². The normalized spacial score (nSPS) is 10.5. The molecule has 3 aromatic carbocycles. The van der Waals surface area contributed by atoms with Gasteiger partial charge in [0.25, 0.3) is 5.91 Å². The molecule has 6 nitrogen and oxygen atoms in total. The molecule has 1 amide bonds. The quantitative estimate of drug-likeness (QED) is 0.374. The first-order valence-electron chi connectivity index (χ1n) is 10.6. The fourth-order valence-electron chi connectivity index (χ4n) is 3.56. The molecule has 33 heavy (non-hydrogen) atoms. The lowest BCUT2D eigenvalue weighted by Crippen LogP contribution is -2.15. The molecule has 4 rings (SSSR count). The number of anilines is 1. The third kappa shape index (κ3) is 4.78. The number of rotatable bonds is 7. The molecule has 0 saturated heterocycles. The zero-order valence-corrected chi connectivity index (χ0v) is 18.1. The van der Waals surface area contributed by atoms with Crippen molar-refractivity contribution in [3.63, 3.8) is 0 Å². The summed E-state index contributed by atoms with van der Waals surface area (Å²) in [7, 11) is 0. The van der Waals surface area contributed by atoms with E-state index in [0.29, 0.717) is 47.6 Å². The zero-order valence-electron chi connectivity index (χ0n) is 18.1.